The Morgan fingerprint density at radius 1 is 1.53 bits per heavy atom. The van der Waals surface area contributed by atoms with Crippen molar-refractivity contribution in [1.82, 2.24) is 5.32 Å². The number of aromatic hydroxyl groups is 1. The summed E-state index contributed by atoms with van der Waals surface area (Å²) in [4.78, 5) is 0. The van der Waals surface area contributed by atoms with Crippen LogP contribution in [-0.4, -0.2) is 24.4 Å². The molecule has 1 aromatic rings. The average Bonchev–Trinajstić information content (AvgIpc) is 2.70. The number of benzene rings is 1. The fourth-order valence-electron chi connectivity index (χ4n) is 2.13. The highest BCUT2D eigenvalue weighted by molar-refractivity contribution is 9.10. The minimum atomic E-state index is 0.344. The highest BCUT2D eigenvalue weighted by atomic mass is 79.9. The summed E-state index contributed by atoms with van der Waals surface area (Å²) in [6.07, 6.45) is 1.47. The van der Waals surface area contributed by atoms with E-state index in [9.17, 15) is 5.11 Å². The molecular weight excluding hydrogens is 282 g/mol. The van der Waals surface area contributed by atoms with Gasteiger partial charge in [0.25, 0.3) is 0 Å². The molecule has 0 saturated carbocycles. The summed E-state index contributed by atoms with van der Waals surface area (Å²) in [7, 11) is 0. The molecule has 2 rings (SSSR count). The zero-order valence-corrected chi connectivity index (χ0v) is 11.5. The van der Waals surface area contributed by atoms with Crippen molar-refractivity contribution in [2.45, 2.75) is 26.0 Å². The molecule has 0 aliphatic carbocycles. The van der Waals surface area contributed by atoms with Crippen LogP contribution in [0.3, 0.4) is 0 Å². The van der Waals surface area contributed by atoms with Crippen LogP contribution in [0.15, 0.2) is 22.7 Å². The summed E-state index contributed by atoms with van der Waals surface area (Å²) in [6, 6.07) is 5.49. The maximum Gasteiger partial charge on any atom is 0.120 e. The fraction of sp³-hybridized carbons (Fsp3) is 0.538. The van der Waals surface area contributed by atoms with E-state index in [0.717, 1.165) is 29.6 Å². The van der Waals surface area contributed by atoms with Crippen LogP contribution in [0.2, 0.25) is 0 Å². The molecule has 0 bridgehead atoms. The van der Waals surface area contributed by atoms with Crippen LogP contribution in [-0.2, 0) is 11.3 Å². The normalized spacial score (nSPS) is 24.1. The molecule has 0 amide bonds. The van der Waals surface area contributed by atoms with Gasteiger partial charge in [0.15, 0.2) is 0 Å². The van der Waals surface area contributed by atoms with Crippen molar-refractivity contribution < 1.29 is 9.84 Å². The summed E-state index contributed by atoms with van der Waals surface area (Å²) in [5, 5.41) is 13.1. The molecule has 1 aromatic carbocycles. The second-order valence-electron chi connectivity index (χ2n) is 4.53. The van der Waals surface area contributed by atoms with Crippen molar-refractivity contribution in [3.63, 3.8) is 0 Å². The van der Waals surface area contributed by atoms with E-state index in [4.69, 9.17) is 4.74 Å². The lowest BCUT2D eigenvalue weighted by atomic mass is 10.0. The largest absolute Gasteiger partial charge is 0.508 e. The predicted molar refractivity (Wildman–Crippen MR) is 71.0 cm³/mol. The van der Waals surface area contributed by atoms with Gasteiger partial charge in [0.2, 0.25) is 0 Å². The number of nitrogens with one attached hydrogen (secondary N) is 1. The van der Waals surface area contributed by atoms with E-state index in [1.165, 1.54) is 0 Å². The summed E-state index contributed by atoms with van der Waals surface area (Å²) in [5.74, 6) is 0.931. The molecule has 2 unspecified atom stereocenters. The first kappa shape index (κ1) is 12.9. The van der Waals surface area contributed by atoms with E-state index < -0.39 is 0 Å². The number of hydrogen-bond donors (Lipinski definition) is 2. The first-order valence-corrected chi connectivity index (χ1v) is 6.76. The molecule has 17 heavy (non-hydrogen) atoms. The number of hydrogen-bond acceptors (Lipinski definition) is 3. The van der Waals surface area contributed by atoms with Crippen LogP contribution in [0.25, 0.3) is 0 Å². The third-order valence-corrected chi connectivity index (χ3v) is 3.79. The van der Waals surface area contributed by atoms with Gasteiger partial charge >= 0.3 is 0 Å². The van der Waals surface area contributed by atoms with Gasteiger partial charge < -0.3 is 15.2 Å². The molecule has 3 nitrogen and oxygen atoms in total. The monoisotopic (exact) mass is 299 g/mol. The summed E-state index contributed by atoms with van der Waals surface area (Å²) in [5.41, 5.74) is 0.922. The van der Waals surface area contributed by atoms with E-state index in [2.05, 4.69) is 28.2 Å². The molecule has 4 heteroatoms. The molecule has 94 valence electrons. The second-order valence-corrected chi connectivity index (χ2v) is 5.44. The van der Waals surface area contributed by atoms with Crippen molar-refractivity contribution in [1.29, 1.82) is 0 Å². The SMILES string of the molecule is CC1OCCC1CNCc1cc(Br)ccc1O. The van der Waals surface area contributed by atoms with Gasteiger partial charge in [-0.1, -0.05) is 15.9 Å². The Bertz CT molecular complexity index is 384. The maximum absolute atomic E-state index is 9.69. The first-order valence-electron chi connectivity index (χ1n) is 5.96. The van der Waals surface area contributed by atoms with Crippen LogP contribution in [0.1, 0.15) is 18.9 Å². The molecule has 1 aliphatic heterocycles. The lowest BCUT2D eigenvalue weighted by Gasteiger charge is -2.15. The Kier molecular flexibility index (Phi) is 4.42. The van der Waals surface area contributed by atoms with Crippen LogP contribution in [0.4, 0.5) is 0 Å². The number of rotatable bonds is 4. The van der Waals surface area contributed by atoms with Gasteiger partial charge in [0.1, 0.15) is 5.75 Å². The number of halogens is 1. The van der Waals surface area contributed by atoms with E-state index in [1.807, 2.05) is 12.1 Å². The van der Waals surface area contributed by atoms with E-state index in [-0.39, 0.29) is 0 Å². The molecule has 1 aliphatic rings. The smallest absolute Gasteiger partial charge is 0.120 e. The van der Waals surface area contributed by atoms with Crippen molar-refractivity contribution >= 4 is 15.9 Å². The quantitative estimate of drug-likeness (QED) is 0.898. The average molecular weight is 300 g/mol. The van der Waals surface area contributed by atoms with Gasteiger partial charge in [-0.05, 0) is 37.5 Å². The first-order chi connectivity index (χ1) is 8.16. The van der Waals surface area contributed by atoms with Gasteiger partial charge in [-0.2, -0.15) is 0 Å². The van der Waals surface area contributed by atoms with Gasteiger partial charge in [-0.15, -0.1) is 0 Å². The molecule has 0 radical (unpaired) electrons. The van der Waals surface area contributed by atoms with Crippen LogP contribution < -0.4 is 5.32 Å². The number of phenols is 1. The Morgan fingerprint density at radius 3 is 3.06 bits per heavy atom. The molecule has 1 saturated heterocycles. The molecule has 1 heterocycles. The molecule has 2 atom stereocenters. The summed E-state index contributed by atoms with van der Waals surface area (Å²) in [6.45, 7) is 4.62. The van der Waals surface area contributed by atoms with Gasteiger partial charge in [-0.25, -0.2) is 0 Å². The van der Waals surface area contributed by atoms with E-state index >= 15 is 0 Å². The Hall–Kier alpha value is -0.580. The topological polar surface area (TPSA) is 41.5 Å². The molecule has 0 spiro atoms. The van der Waals surface area contributed by atoms with Gasteiger partial charge in [0.05, 0.1) is 6.10 Å². The standard InChI is InChI=1S/C13H18BrNO2/c1-9-10(4-5-17-9)7-15-8-11-6-12(14)2-3-13(11)16/h2-3,6,9-10,15-16H,4-5,7-8H2,1H3. The van der Waals surface area contributed by atoms with Crippen LogP contribution in [0.5, 0.6) is 5.75 Å². The minimum absolute atomic E-state index is 0.344. The number of ether oxygens (including phenoxy) is 1. The predicted octanol–water partition coefficient (Wildman–Crippen LogP) is 2.67. The van der Waals surface area contributed by atoms with Crippen molar-refractivity contribution in [2.75, 3.05) is 13.2 Å². The van der Waals surface area contributed by atoms with Crippen molar-refractivity contribution in [2.24, 2.45) is 5.92 Å². The fourth-order valence-corrected chi connectivity index (χ4v) is 2.54. The molecule has 1 fully saturated rings. The third kappa shape index (κ3) is 3.44. The zero-order valence-electron chi connectivity index (χ0n) is 9.95. The Morgan fingerprint density at radius 2 is 2.35 bits per heavy atom. The third-order valence-electron chi connectivity index (χ3n) is 3.30. The van der Waals surface area contributed by atoms with Gasteiger partial charge in [-0.3, -0.25) is 0 Å². The highest BCUT2D eigenvalue weighted by Gasteiger charge is 2.23. The maximum atomic E-state index is 9.69. The second kappa shape index (κ2) is 5.85. The molecular formula is C13H18BrNO2. The lowest BCUT2D eigenvalue weighted by Crippen LogP contribution is -2.26. The van der Waals surface area contributed by atoms with Crippen molar-refractivity contribution in [3.05, 3.63) is 28.2 Å². The molecule has 0 aromatic heterocycles. The minimum Gasteiger partial charge on any atom is -0.508 e. The summed E-state index contributed by atoms with van der Waals surface area (Å²) < 4.78 is 6.50. The van der Waals surface area contributed by atoms with Gasteiger partial charge in [0, 0.05) is 29.7 Å². The van der Waals surface area contributed by atoms with E-state index in [0.29, 0.717) is 24.3 Å². The Labute approximate surface area is 110 Å². The van der Waals surface area contributed by atoms with Crippen molar-refractivity contribution in [3.8, 4) is 5.75 Å². The van der Waals surface area contributed by atoms with E-state index in [1.54, 1.807) is 6.07 Å². The summed E-state index contributed by atoms with van der Waals surface area (Å²) >= 11 is 3.41. The highest BCUT2D eigenvalue weighted by Crippen LogP contribution is 2.22. The Balaban J connectivity index is 1.83. The zero-order chi connectivity index (χ0) is 12.3. The molecule has 2 N–H and O–H groups in total. The van der Waals surface area contributed by atoms with Crippen LogP contribution >= 0.6 is 15.9 Å². The van der Waals surface area contributed by atoms with Crippen LogP contribution in [0, 0.1) is 5.92 Å². The number of phenolic OH excluding ortho intramolecular Hbond substituents is 1. The lowest BCUT2D eigenvalue weighted by molar-refractivity contribution is 0.105.